The fraction of sp³-hybridized carbons (Fsp3) is 0.591. The summed E-state index contributed by atoms with van der Waals surface area (Å²) in [5.41, 5.74) is 3.77. The van der Waals surface area contributed by atoms with Crippen LogP contribution in [0.15, 0.2) is 6.07 Å². The number of nitrogens with one attached hydrogen (secondary N) is 1. The van der Waals surface area contributed by atoms with E-state index in [9.17, 15) is 9.59 Å². The summed E-state index contributed by atoms with van der Waals surface area (Å²) in [4.78, 5) is 27.0. The van der Waals surface area contributed by atoms with Gasteiger partial charge in [-0.25, -0.2) is 4.79 Å². The average Bonchev–Trinajstić information content (AvgIpc) is 3.16. The molecule has 3 rings (SSSR count). The highest BCUT2D eigenvalue weighted by Gasteiger charge is 2.31. The van der Waals surface area contributed by atoms with Crippen molar-refractivity contribution in [2.45, 2.75) is 66.9 Å². The van der Waals surface area contributed by atoms with E-state index < -0.39 is 12.1 Å². The lowest BCUT2D eigenvalue weighted by atomic mass is 9.72. The third-order valence-electron chi connectivity index (χ3n) is 5.92. The minimum absolute atomic E-state index is 0.259. The summed E-state index contributed by atoms with van der Waals surface area (Å²) in [7, 11) is 1.82. The molecular weight excluding hydrogens is 386 g/mol. The van der Waals surface area contributed by atoms with Gasteiger partial charge in [0, 0.05) is 11.9 Å². The van der Waals surface area contributed by atoms with E-state index in [-0.39, 0.29) is 11.3 Å². The zero-order chi connectivity index (χ0) is 21.5. The van der Waals surface area contributed by atoms with Gasteiger partial charge in [-0.15, -0.1) is 11.3 Å². The van der Waals surface area contributed by atoms with Crippen molar-refractivity contribution < 1.29 is 14.3 Å². The summed E-state index contributed by atoms with van der Waals surface area (Å²) in [6.07, 6.45) is 2.26. The molecule has 7 heteroatoms. The fourth-order valence-electron chi connectivity index (χ4n) is 3.81. The van der Waals surface area contributed by atoms with Crippen LogP contribution in [0.2, 0.25) is 0 Å². The van der Waals surface area contributed by atoms with Crippen molar-refractivity contribution in [3.05, 3.63) is 32.8 Å². The molecule has 2 aromatic rings. The molecule has 0 aromatic carbocycles. The zero-order valence-electron chi connectivity index (χ0n) is 18.4. The number of thiophene rings is 1. The van der Waals surface area contributed by atoms with Gasteiger partial charge in [0.2, 0.25) is 0 Å². The molecule has 29 heavy (non-hydrogen) atoms. The molecule has 1 N–H and O–H groups in total. The van der Waals surface area contributed by atoms with Gasteiger partial charge in [-0.2, -0.15) is 5.10 Å². The Balaban J connectivity index is 1.65. The number of rotatable bonds is 4. The minimum atomic E-state index is -0.886. The van der Waals surface area contributed by atoms with Gasteiger partial charge in [0.25, 0.3) is 5.91 Å². The molecule has 6 nitrogen and oxygen atoms in total. The van der Waals surface area contributed by atoms with Crippen molar-refractivity contribution >= 4 is 28.9 Å². The molecule has 0 unspecified atom stereocenters. The number of hydrogen-bond donors (Lipinski definition) is 1. The Morgan fingerprint density at radius 1 is 1.34 bits per heavy atom. The van der Waals surface area contributed by atoms with E-state index in [0.29, 0.717) is 16.5 Å². The second kappa shape index (κ2) is 7.94. The van der Waals surface area contributed by atoms with E-state index in [2.05, 4.69) is 31.2 Å². The van der Waals surface area contributed by atoms with Gasteiger partial charge in [-0.05, 0) is 63.0 Å². The van der Waals surface area contributed by atoms with Crippen LogP contribution in [0.1, 0.15) is 65.6 Å². The summed E-state index contributed by atoms with van der Waals surface area (Å²) in [5, 5.41) is 7.12. The molecule has 0 saturated heterocycles. The molecule has 0 radical (unpaired) electrons. The van der Waals surface area contributed by atoms with E-state index in [1.165, 1.54) is 21.8 Å². The van der Waals surface area contributed by atoms with Crippen molar-refractivity contribution in [3.63, 3.8) is 0 Å². The summed E-state index contributed by atoms with van der Waals surface area (Å²) in [6, 6.07) is 1.96. The highest BCUT2D eigenvalue weighted by Crippen LogP contribution is 2.40. The van der Waals surface area contributed by atoms with Crippen LogP contribution < -0.4 is 5.32 Å². The predicted octanol–water partition coefficient (Wildman–Crippen LogP) is 4.43. The smallest absolute Gasteiger partial charge is 0.349 e. The van der Waals surface area contributed by atoms with Crippen molar-refractivity contribution in [3.8, 4) is 0 Å². The first kappa shape index (κ1) is 21.6. The van der Waals surface area contributed by atoms with Crippen LogP contribution in [-0.2, 0) is 29.4 Å². The average molecular weight is 418 g/mol. The van der Waals surface area contributed by atoms with E-state index in [0.717, 1.165) is 30.7 Å². The van der Waals surface area contributed by atoms with E-state index in [4.69, 9.17) is 4.74 Å². The summed E-state index contributed by atoms with van der Waals surface area (Å²) < 4.78 is 7.17. The molecule has 0 aliphatic heterocycles. The predicted molar refractivity (Wildman–Crippen MR) is 115 cm³/mol. The van der Waals surface area contributed by atoms with Gasteiger partial charge in [0.1, 0.15) is 4.88 Å². The Hall–Kier alpha value is -2.15. The Bertz CT molecular complexity index is 936. The van der Waals surface area contributed by atoms with Gasteiger partial charge in [0.05, 0.1) is 17.1 Å². The SMILES string of the molecule is Cc1nn(C)c(C)c1NC(=O)[C@@H](C)OC(=O)c1cc2c(s1)CC[C@H](C(C)(C)C)C2. The monoisotopic (exact) mass is 417 g/mol. The topological polar surface area (TPSA) is 73.2 Å². The number of ether oxygens (including phenoxy) is 1. The Kier molecular flexibility index (Phi) is 5.90. The van der Waals surface area contributed by atoms with E-state index in [1.54, 1.807) is 11.6 Å². The van der Waals surface area contributed by atoms with Crippen molar-refractivity contribution in [1.29, 1.82) is 0 Å². The molecule has 2 heterocycles. The van der Waals surface area contributed by atoms with Crippen molar-refractivity contribution in [1.82, 2.24) is 9.78 Å². The Morgan fingerprint density at radius 2 is 2.03 bits per heavy atom. The molecule has 0 bridgehead atoms. The normalized spacial score (nSPS) is 17.6. The minimum Gasteiger partial charge on any atom is -0.448 e. The third-order valence-corrected chi connectivity index (χ3v) is 7.14. The number of amides is 1. The number of aromatic nitrogens is 2. The van der Waals surface area contributed by atoms with Crippen LogP contribution >= 0.6 is 11.3 Å². The van der Waals surface area contributed by atoms with Crippen molar-refractivity contribution in [2.75, 3.05) is 5.32 Å². The van der Waals surface area contributed by atoms with Gasteiger partial charge in [-0.1, -0.05) is 20.8 Å². The molecule has 1 aliphatic carbocycles. The first-order valence-corrected chi connectivity index (χ1v) is 10.9. The maximum atomic E-state index is 12.6. The Morgan fingerprint density at radius 3 is 2.62 bits per heavy atom. The standard InChI is InChI=1S/C22H31N3O3S/c1-12-19(13(2)25(7)24-12)23-20(26)14(3)28-21(27)18-11-15-10-16(22(4,5)6)8-9-17(15)29-18/h11,14,16H,8-10H2,1-7H3,(H,23,26)/t14-,16+/m1/s1. The first-order chi connectivity index (χ1) is 13.5. The molecule has 1 amide bonds. The maximum absolute atomic E-state index is 12.6. The number of hydrogen-bond acceptors (Lipinski definition) is 5. The molecule has 1 aliphatic rings. The molecule has 2 aromatic heterocycles. The van der Waals surface area contributed by atoms with Crippen LogP contribution in [0.3, 0.4) is 0 Å². The van der Waals surface area contributed by atoms with Gasteiger partial charge in [-0.3, -0.25) is 9.48 Å². The lowest BCUT2D eigenvalue weighted by Crippen LogP contribution is -2.30. The van der Waals surface area contributed by atoms with Gasteiger partial charge >= 0.3 is 5.97 Å². The number of carbonyl (C=O) groups excluding carboxylic acids is 2. The second-order valence-electron chi connectivity index (χ2n) is 9.07. The highest BCUT2D eigenvalue weighted by molar-refractivity contribution is 7.14. The van der Waals surface area contributed by atoms with Crippen molar-refractivity contribution in [2.24, 2.45) is 18.4 Å². The van der Waals surface area contributed by atoms with Crippen LogP contribution in [-0.4, -0.2) is 27.8 Å². The van der Waals surface area contributed by atoms with Gasteiger partial charge in [0.15, 0.2) is 6.10 Å². The van der Waals surface area contributed by atoms with Crippen LogP contribution in [0, 0.1) is 25.2 Å². The number of aryl methyl sites for hydroxylation is 3. The first-order valence-electron chi connectivity index (χ1n) is 10.1. The summed E-state index contributed by atoms with van der Waals surface area (Å²) >= 11 is 1.50. The number of nitrogens with zero attached hydrogens (tertiary/aromatic N) is 2. The largest absolute Gasteiger partial charge is 0.448 e. The van der Waals surface area contributed by atoms with E-state index in [1.807, 2.05) is 27.0 Å². The van der Waals surface area contributed by atoms with Crippen LogP contribution in [0.25, 0.3) is 0 Å². The van der Waals surface area contributed by atoms with Gasteiger partial charge < -0.3 is 10.1 Å². The lowest BCUT2D eigenvalue weighted by molar-refractivity contribution is -0.123. The third kappa shape index (κ3) is 4.55. The maximum Gasteiger partial charge on any atom is 0.349 e. The quantitative estimate of drug-likeness (QED) is 0.747. The summed E-state index contributed by atoms with van der Waals surface area (Å²) in [5.74, 6) is -0.171. The lowest BCUT2D eigenvalue weighted by Gasteiger charge is -2.33. The second-order valence-corrected chi connectivity index (χ2v) is 10.2. The summed E-state index contributed by atoms with van der Waals surface area (Å²) in [6.45, 7) is 12.1. The highest BCUT2D eigenvalue weighted by atomic mass is 32.1. The number of fused-ring (bicyclic) bond motifs is 1. The van der Waals surface area contributed by atoms with Crippen LogP contribution in [0.4, 0.5) is 5.69 Å². The zero-order valence-corrected chi connectivity index (χ0v) is 19.2. The number of anilines is 1. The molecule has 0 saturated carbocycles. The number of carbonyl (C=O) groups is 2. The molecular formula is C22H31N3O3S. The Labute approximate surface area is 176 Å². The van der Waals surface area contributed by atoms with Crippen LogP contribution in [0.5, 0.6) is 0 Å². The molecule has 0 spiro atoms. The molecule has 158 valence electrons. The fourth-order valence-corrected chi connectivity index (χ4v) is 4.91. The molecule has 2 atom stereocenters. The molecule has 0 fully saturated rings. The van der Waals surface area contributed by atoms with E-state index >= 15 is 0 Å². The number of esters is 1.